The summed E-state index contributed by atoms with van der Waals surface area (Å²) >= 11 is 0. The van der Waals surface area contributed by atoms with Crippen LogP contribution in [0.5, 0.6) is 0 Å². The lowest BCUT2D eigenvalue weighted by molar-refractivity contribution is -0.142. The molecule has 0 aliphatic rings. The van der Waals surface area contributed by atoms with Gasteiger partial charge in [0.15, 0.2) is 8.32 Å². The van der Waals surface area contributed by atoms with Gasteiger partial charge in [0, 0.05) is 0 Å². The molecule has 0 saturated heterocycles. The van der Waals surface area contributed by atoms with Gasteiger partial charge in [0.25, 0.3) is 0 Å². The van der Waals surface area contributed by atoms with E-state index in [1.807, 2.05) is 30.3 Å². The second-order valence-corrected chi connectivity index (χ2v) is 12.0. The molecule has 0 radical (unpaired) electrons. The molecule has 5 heteroatoms. The first-order valence-corrected chi connectivity index (χ1v) is 11.2. The van der Waals surface area contributed by atoms with E-state index in [4.69, 9.17) is 9.16 Å². The van der Waals surface area contributed by atoms with E-state index in [9.17, 15) is 9.18 Å². The molecule has 1 aromatic carbocycles. The molecular formula is C19H29FO3Si. The van der Waals surface area contributed by atoms with Crippen LogP contribution in [0.25, 0.3) is 0 Å². The van der Waals surface area contributed by atoms with Crippen molar-refractivity contribution in [3.05, 3.63) is 47.8 Å². The molecule has 0 spiro atoms. The number of carbonyl (C=O) groups excluding carboxylic acids is 1. The third kappa shape index (κ3) is 5.87. The molecule has 3 nitrogen and oxygen atoms in total. The molecule has 0 aliphatic heterocycles. The van der Waals surface area contributed by atoms with Crippen LogP contribution in [0.1, 0.15) is 45.8 Å². The van der Waals surface area contributed by atoms with Crippen molar-refractivity contribution in [2.45, 2.75) is 58.4 Å². The summed E-state index contributed by atoms with van der Waals surface area (Å²) in [7, 11) is -2.18. The maximum atomic E-state index is 14.8. The number of esters is 1. The number of hydrogen-bond acceptors (Lipinski definition) is 3. The first kappa shape index (κ1) is 20.6. The van der Waals surface area contributed by atoms with E-state index in [2.05, 4.69) is 33.9 Å². The zero-order chi connectivity index (χ0) is 18.4. The molecule has 1 aromatic rings. The fourth-order valence-electron chi connectivity index (χ4n) is 1.89. The number of benzene rings is 1. The summed E-state index contributed by atoms with van der Waals surface area (Å²) in [5.74, 6) is -0.883. The molecule has 0 N–H and O–H groups in total. The van der Waals surface area contributed by atoms with Gasteiger partial charge in [-0.1, -0.05) is 51.1 Å². The zero-order valence-electron chi connectivity index (χ0n) is 15.6. The average Bonchev–Trinajstić information content (AvgIpc) is 2.50. The predicted molar refractivity (Wildman–Crippen MR) is 97.9 cm³/mol. The van der Waals surface area contributed by atoms with Gasteiger partial charge < -0.3 is 9.16 Å². The summed E-state index contributed by atoms with van der Waals surface area (Å²) in [6.45, 7) is 12.5. The molecule has 134 valence electrons. The summed E-state index contributed by atoms with van der Waals surface area (Å²) in [4.78, 5) is 11.5. The quantitative estimate of drug-likeness (QED) is 0.476. The number of halogens is 1. The highest BCUT2D eigenvalue weighted by Gasteiger charge is 2.40. The van der Waals surface area contributed by atoms with Crippen molar-refractivity contribution in [3.8, 4) is 0 Å². The van der Waals surface area contributed by atoms with Crippen LogP contribution in [0, 0.1) is 0 Å². The van der Waals surface area contributed by atoms with E-state index in [1.165, 1.54) is 6.08 Å². The van der Waals surface area contributed by atoms with E-state index in [-0.39, 0.29) is 18.1 Å². The third-order valence-electron chi connectivity index (χ3n) is 4.34. The van der Waals surface area contributed by atoms with Crippen molar-refractivity contribution in [1.29, 1.82) is 0 Å². The smallest absolute Gasteiger partial charge is 0.309 e. The molecular weight excluding hydrogens is 323 g/mol. The van der Waals surface area contributed by atoms with Gasteiger partial charge in [0.1, 0.15) is 11.9 Å². The number of carbonyl (C=O) groups is 1. The fourth-order valence-corrected chi connectivity index (χ4v) is 3.08. The van der Waals surface area contributed by atoms with Gasteiger partial charge in [-0.3, -0.25) is 4.79 Å². The van der Waals surface area contributed by atoms with Gasteiger partial charge in [0.2, 0.25) is 0 Å². The SMILES string of the molecule is CCOC(=O)C/C=C(\F)C(O[Si](C)(C)C(C)(C)C)c1ccccc1. The van der Waals surface area contributed by atoms with Crippen LogP contribution in [-0.4, -0.2) is 20.9 Å². The highest BCUT2D eigenvalue weighted by molar-refractivity contribution is 6.74. The van der Waals surface area contributed by atoms with Crippen molar-refractivity contribution >= 4 is 14.3 Å². The molecule has 1 rings (SSSR count). The van der Waals surface area contributed by atoms with Crippen molar-refractivity contribution in [2.24, 2.45) is 0 Å². The molecule has 0 aromatic heterocycles. The van der Waals surface area contributed by atoms with E-state index in [0.717, 1.165) is 5.56 Å². The normalized spacial score (nSPS) is 14.4. The van der Waals surface area contributed by atoms with Crippen molar-refractivity contribution in [3.63, 3.8) is 0 Å². The Morgan fingerprint density at radius 3 is 2.33 bits per heavy atom. The zero-order valence-corrected chi connectivity index (χ0v) is 16.6. The number of ether oxygens (including phenoxy) is 1. The minimum Gasteiger partial charge on any atom is -0.466 e. The second kappa shape index (κ2) is 8.58. The monoisotopic (exact) mass is 352 g/mol. The predicted octanol–water partition coefficient (Wildman–Crippen LogP) is 5.56. The summed E-state index contributed by atoms with van der Waals surface area (Å²) in [6, 6.07) is 9.28. The molecule has 0 saturated carbocycles. The highest BCUT2D eigenvalue weighted by Crippen LogP contribution is 2.41. The summed E-state index contributed by atoms with van der Waals surface area (Å²) < 4.78 is 26.0. The Kier molecular flexibility index (Phi) is 7.36. The molecule has 0 bridgehead atoms. The van der Waals surface area contributed by atoms with Crippen LogP contribution < -0.4 is 0 Å². The van der Waals surface area contributed by atoms with Crippen LogP contribution in [-0.2, 0) is 14.0 Å². The molecule has 1 atom stereocenters. The maximum absolute atomic E-state index is 14.8. The Morgan fingerprint density at radius 1 is 1.25 bits per heavy atom. The number of hydrogen-bond donors (Lipinski definition) is 0. The first-order valence-electron chi connectivity index (χ1n) is 8.32. The Labute approximate surface area is 146 Å². The van der Waals surface area contributed by atoms with Gasteiger partial charge in [0.05, 0.1) is 13.0 Å². The third-order valence-corrected chi connectivity index (χ3v) is 8.78. The van der Waals surface area contributed by atoms with Crippen molar-refractivity contribution in [1.82, 2.24) is 0 Å². The Morgan fingerprint density at radius 2 is 1.83 bits per heavy atom. The lowest BCUT2D eigenvalue weighted by atomic mass is 10.1. The van der Waals surface area contributed by atoms with Gasteiger partial charge in [-0.2, -0.15) is 0 Å². The van der Waals surface area contributed by atoms with Crippen molar-refractivity contribution in [2.75, 3.05) is 6.61 Å². The molecule has 0 aliphatic carbocycles. The van der Waals surface area contributed by atoms with E-state index in [1.54, 1.807) is 6.92 Å². The van der Waals surface area contributed by atoms with Gasteiger partial charge >= 0.3 is 5.97 Å². The Balaban J connectivity index is 3.07. The van der Waals surface area contributed by atoms with Crippen LogP contribution in [0.2, 0.25) is 18.1 Å². The lowest BCUT2D eigenvalue weighted by Gasteiger charge is -2.39. The molecule has 0 fully saturated rings. The summed E-state index contributed by atoms with van der Waals surface area (Å²) in [5, 5.41) is -0.0402. The standard InChI is InChI=1S/C19H29FO3Si/c1-7-22-17(21)14-13-16(20)18(15-11-9-8-10-12-15)23-24(5,6)19(2,3)4/h8-13,18H,7,14H2,1-6H3/b16-13-. The lowest BCUT2D eigenvalue weighted by Crippen LogP contribution is -2.42. The van der Waals surface area contributed by atoms with Gasteiger partial charge in [-0.05, 0) is 36.7 Å². The van der Waals surface area contributed by atoms with E-state index < -0.39 is 26.2 Å². The minimum absolute atomic E-state index is 0.0402. The highest BCUT2D eigenvalue weighted by atomic mass is 28.4. The second-order valence-electron chi connectivity index (χ2n) is 7.27. The first-order chi connectivity index (χ1) is 11.1. The molecule has 0 heterocycles. The number of rotatable bonds is 7. The topological polar surface area (TPSA) is 35.5 Å². The van der Waals surface area contributed by atoms with E-state index >= 15 is 0 Å². The van der Waals surface area contributed by atoms with Crippen LogP contribution in [0.4, 0.5) is 4.39 Å². The van der Waals surface area contributed by atoms with Crippen molar-refractivity contribution < 1.29 is 18.3 Å². The Bertz CT molecular complexity index is 562. The van der Waals surface area contributed by atoms with Gasteiger partial charge in [-0.15, -0.1) is 0 Å². The summed E-state index contributed by atoms with van der Waals surface area (Å²) in [5.41, 5.74) is 0.750. The van der Waals surface area contributed by atoms with Gasteiger partial charge in [-0.25, -0.2) is 4.39 Å². The minimum atomic E-state index is -2.18. The average molecular weight is 353 g/mol. The maximum Gasteiger partial charge on any atom is 0.309 e. The Hall–Kier alpha value is -1.46. The van der Waals surface area contributed by atoms with E-state index in [0.29, 0.717) is 0 Å². The largest absolute Gasteiger partial charge is 0.466 e. The fraction of sp³-hybridized carbons (Fsp3) is 0.526. The van der Waals surface area contributed by atoms with Crippen LogP contribution >= 0.6 is 0 Å². The molecule has 0 amide bonds. The van der Waals surface area contributed by atoms with Crippen LogP contribution in [0.15, 0.2) is 42.2 Å². The van der Waals surface area contributed by atoms with Crippen LogP contribution in [0.3, 0.4) is 0 Å². The molecule has 24 heavy (non-hydrogen) atoms. The summed E-state index contributed by atoms with van der Waals surface area (Å²) in [6.07, 6.45) is 0.383. The molecule has 1 unspecified atom stereocenters.